The topological polar surface area (TPSA) is 88.4 Å². The van der Waals surface area contributed by atoms with Crippen LogP contribution in [0.15, 0.2) is 18.2 Å². The lowest BCUT2D eigenvalue weighted by Crippen LogP contribution is -2.19. The van der Waals surface area contributed by atoms with Crippen molar-refractivity contribution in [1.29, 1.82) is 0 Å². The highest BCUT2D eigenvalue weighted by atomic mass is 32.1. The first-order valence-electron chi connectivity index (χ1n) is 8.30. The van der Waals surface area contributed by atoms with Crippen molar-refractivity contribution < 1.29 is 9.72 Å². The van der Waals surface area contributed by atoms with Gasteiger partial charge in [-0.25, -0.2) is 4.98 Å². The lowest BCUT2D eigenvalue weighted by Gasteiger charge is -2.17. The summed E-state index contributed by atoms with van der Waals surface area (Å²) in [5.74, 6) is -0.382. The number of amides is 1. The Morgan fingerprint density at radius 2 is 2.12 bits per heavy atom. The van der Waals surface area contributed by atoms with Crippen LogP contribution in [0.4, 0.5) is 16.5 Å². The summed E-state index contributed by atoms with van der Waals surface area (Å²) in [4.78, 5) is 30.9. The first-order chi connectivity index (χ1) is 12.0. The fourth-order valence-electron chi connectivity index (χ4n) is 3.02. The van der Waals surface area contributed by atoms with Crippen molar-refractivity contribution in [3.05, 3.63) is 44.4 Å². The number of anilines is 2. The monoisotopic (exact) mass is 360 g/mol. The minimum absolute atomic E-state index is 0.0286. The number of aromatic nitrogens is 1. The molecule has 1 saturated heterocycles. The Morgan fingerprint density at radius 1 is 1.40 bits per heavy atom. The van der Waals surface area contributed by atoms with E-state index < -0.39 is 4.92 Å². The van der Waals surface area contributed by atoms with Gasteiger partial charge in [-0.2, -0.15) is 0 Å². The molecule has 1 N–H and O–H groups in total. The van der Waals surface area contributed by atoms with Crippen LogP contribution in [0.2, 0.25) is 0 Å². The molecule has 25 heavy (non-hydrogen) atoms. The third-order valence-corrected chi connectivity index (χ3v) is 5.26. The quantitative estimate of drug-likeness (QED) is 0.647. The van der Waals surface area contributed by atoms with Crippen molar-refractivity contribution in [3.63, 3.8) is 0 Å². The second kappa shape index (κ2) is 7.18. The van der Waals surface area contributed by atoms with Crippen LogP contribution >= 0.6 is 11.3 Å². The zero-order valence-corrected chi connectivity index (χ0v) is 15.1. The number of hydrogen-bond donors (Lipinski definition) is 1. The number of nitrogens with zero attached hydrogens (tertiary/aromatic N) is 3. The second-order valence-corrected chi connectivity index (χ2v) is 7.19. The predicted molar refractivity (Wildman–Crippen MR) is 98.7 cm³/mol. The molecule has 2 aromatic rings. The van der Waals surface area contributed by atoms with Gasteiger partial charge in [0.05, 0.1) is 10.6 Å². The summed E-state index contributed by atoms with van der Waals surface area (Å²) in [6.07, 6.45) is 2.86. The molecule has 1 aliphatic heterocycles. The zero-order chi connectivity index (χ0) is 18.0. The molecule has 132 valence electrons. The summed E-state index contributed by atoms with van der Waals surface area (Å²) in [7, 11) is 0. The van der Waals surface area contributed by atoms with Crippen LogP contribution in [0.1, 0.15) is 40.7 Å². The highest BCUT2D eigenvalue weighted by molar-refractivity contribution is 7.15. The van der Waals surface area contributed by atoms with Crippen LogP contribution in [-0.2, 0) is 6.42 Å². The molecule has 1 aromatic carbocycles. The number of hydrogen-bond acceptors (Lipinski definition) is 6. The Labute approximate surface area is 149 Å². The van der Waals surface area contributed by atoms with Gasteiger partial charge in [-0.3, -0.25) is 20.2 Å². The molecule has 0 bridgehead atoms. The van der Waals surface area contributed by atoms with E-state index in [0.29, 0.717) is 10.8 Å². The van der Waals surface area contributed by atoms with E-state index in [-0.39, 0.29) is 17.2 Å². The van der Waals surface area contributed by atoms with Crippen LogP contribution in [0.3, 0.4) is 0 Å². The molecular formula is C17H20N4O3S. The van der Waals surface area contributed by atoms with Gasteiger partial charge in [-0.1, -0.05) is 6.92 Å². The van der Waals surface area contributed by atoms with E-state index in [9.17, 15) is 14.9 Å². The van der Waals surface area contributed by atoms with Crippen molar-refractivity contribution in [1.82, 2.24) is 4.98 Å². The van der Waals surface area contributed by atoms with Crippen molar-refractivity contribution >= 4 is 33.8 Å². The highest BCUT2D eigenvalue weighted by Gasteiger charge is 2.24. The molecule has 3 rings (SSSR count). The Kier molecular flexibility index (Phi) is 4.98. The fraction of sp³-hybridized carbons (Fsp3) is 0.412. The molecule has 0 unspecified atom stereocenters. The van der Waals surface area contributed by atoms with Gasteiger partial charge in [0.25, 0.3) is 11.6 Å². The number of carbonyl (C=O) groups excluding carboxylic acids is 1. The molecule has 1 amide bonds. The molecule has 0 atom stereocenters. The number of nitro benzene ring substituents is 1. The van der Waals surface area contributed by atoms with Gasteiger partial charge < -0.3 is 4.90 Å². The van der Waals surface area contributed by atoms with Crippen LogP contribution < -0.4 is 10.2 Å². The number of nitro groups is 1. The highest BCUT2D eigenvalue weighted by Crippen LogP contribution is 2.32. The first kappa shape index (κ1) is 17.3. The van der Waals surface area contributed by atoms with Gasteiger partial charge in [-0.15, -0.1) is 11.3 Å². The van der Waals surface area contributed by atoms with Gasteiger partial charge in [0.2, 0.25) is 0 Å². The normalized spacial score (nSPS) is 13.9. The maximum atomic E-state index is 12.4. The molecule has 2 heterocycles. The number of thiazole rings is 1. The molecule has 8 heteroatoms. The van der Waals surface area contributed by atoms with E-state index in [1.54, 1.807) is 12.1 Å². The maximum Gasteiger partial charge on any atom is 0.293 e. The van der Waals surface area contributed by atoms with E-state index in [2.05, 4.69) is 10.3 Å². The Bertz CT molecular complexity index is 812. The summed E-state index contributed by atoms with van der Waals surface area (Å²) < 4.78 is 0. The van der Waals surface area contributed by atoms with Gasteiger partial charge in [0.15, 0.2) is 5.13 Å². The summed E-state index contributed by atoms with van der Waals surface area (Å²) in [5.41, 5.74) is 1.77. The summed E-state index contributed by atoms with van der Waals surface area (Å²) in [6, 6.07) is 4.66. The molecule has 1 aromatic heterocycles. The van der Waals surface area contributed by atoms with Crippen molar-refractivity contribution in [3.8, 4) is 0 Å². The standard InChI is InChI=1S/C17H20N4O3S/c1-3-13-11(2)25-17(18-13)19-16(22)12-6-7-14(15(10-12)21(23)24)20-8-4-5-9-20/h6-7,10H,3-5,8-9H2,1-2H3,(H,18,19,22). The smallest absolute Gasteiger partial charge is 0.293 e. The van der Waals surface area contributed by atoms with E-state index in [4.69, 9.17) is 0 Å². The van der Waals surface area contributed by atoms with E-state index in [1.807, 2.05) is 18.7 Å². The molecule has 1 aliphatic rings. The molecular weight excluding hydrogens is 340 g/mol. The molecule has 1 fully saturated rings. The van der Waals surface area contributed by atoms with Crippen molar-refractivity contribution in [2.24, 2.45) is 0 Å². The van der Waals surface area contributed by atoms with Gasteiger partial charge in [0, 0.05) is 29.6 Å². The van der Waals surface area contributed by atoms with Gasteiger partial charge >= 0.3 is 0 Å². The summed E-state index contributed by atoms with van der Waals surface area (Å²) in [6.45, 7) is 5.59. The number of benzene rings is 1. The first-order valence-corrected chi connectivity index (χ1v) is 9.12. The SMILES string of the molecule is CCc1nc(NC(=O)c2ccc(N3CCCC3)c([N+](=O)[O-])c2)sc1C. The van der Waals surface area contributed by atoms with Crippen molar-refractivity contribution in [2.45, 2.75) is 33.1 Å². The van der Waals surface area contributed by atoms with Crippen molar-refractivity contribution in [2.75, 3.05) is 23.3 Å². The van der Waals surface area contributed by atoms with Crippen LogP contribution in [-0.4, -0.2) is 28.9 Å². The number of nitrogens with one attached hydrogen (secondary N) is 1. The number of carbonyl (C=O) groups is 1. The zero-order valence-electron chi connectivity index (χ0n) is 14.2. The third-order valence-electron chi connectivity index (χ3n) is 4.33. The average Bonchev–Trinajstić information content (AvgIpc) is 3.23. The van der Waals surface area contributed by atoms with Crippen LogP contribution in [0.5, 0.6) is 0 Å². The Hall–Kier alpha value is -2.48. The second-order valence-electron chi connectivity index (χ2n) is 5.98. The molecule has 7 nitrogen and oxygen atoms in total. The molecule has 0 saturated carbocycles. The molecule has 0 aliphatic carbocycles. The maximum absolute atomic E-state index is 12.4. The third kappa shape index (κ3) is 3.63. The number of aryl methyl sites for hydroxylation is 2. The molecule has 0 spiro atoms. The van der Waals surface area contributed by atoms with Gasteiger partial charge in [0.1, 0.15) is 5.69 Å². The fourth-order valence-corrected chi connectivity index (χ4v) is 3.91. The Balaban J connectivity index is 1.84. The average molecular weight is 360 g/mol. The summed E-state index contributed by atoms with van der Waals surface area (Å²) in [5, 5.41) is 14.7. The molecule has 0 radical (unpaired) electrons. The number of rotatable bonds is 5. The van der Waals surface area contributed by atoms with E-state index in [0.717, 1.165) is 42.9 Å². The Morgan fingerprint density at radius 3 is 2.72 bits per heavy atom. The minimum atomic E-state index is -0.423. The lowest BCUT2D eigenvalue weighted by molar-refractivity contribution is -0.384. The van der Waals surface area contributed by atoms with Crippen LogP contribution in [0, 0.1) is 17.0 Å². The lowest BCUT2D eigenvalue weighted by atomic mass is 10.1. The van der Waals surface area contributed by atoms with Gasteiger partial charge in [-0.05, 0) is 38.3 Å². The van der Waals surface area contributed by atoms with E-state index >= 15 is 0 Å². The summed E-state index contributed by atoms with van der Waals surface area (Å²) >= 11 is 1.41. The predicted octanol–water partition coefficient (Wildman–Crippen LogP) is 3.77. The largest absolute Gasteiger partial charge is 0.366 e. The van der Waals surface area contributed by atoms with E-state index in [1.165, 1.54) is 17.4 Å². The minimum Gasteiger partial charge on any atom is -0.366 e. The van der Waals surface area contributed by atoms with Crippen LogP contribution in [0.25, 0.3) is 0 Å².